The lowest BCUT2D eigenvalue weighted by atomic mass is 10.1. The first kappa shape index (κ1) is 20.5. The van der Waals surface area contributed by atoms with Gasteiger partial charge in [0.15, 0.2) is 0 Å². The van der Waals surface area contributed by atoms with Crippen molar-refractivity contribution in [3.8, 4) is 5.75 Å². The number of amides is 1. The first-order valence-corrected chi connectivity index (χ1v) is 8.78. The number of hydrogen-bond acceptors (Lipinski definition) is 3. The van der Waals surface area contributed by atoms with Gasteiger partial charge in [-0.2, -0.15) is 13.2 Å². The number of benzene rings is 2. The predicted molar refractivity (Wildman–Crippen MR) is 99.2 cm³/mol. The molecule has 0 heterocycles. The summed E-state index contributed by atoms with van der Waals surface area (Å²) in [5.74, 6) is -0.338. The van der Waals surface area contributed by atoms with Gasteiger partial charge in [0, 0.05) is 10.1 Å². The predicted octanol–water partition coefficient (Wildman–Crippen LogP) is 3.79. The Hall–Kier alpha value is -1.81. The third-order valence-corrected chi connectivity index (χ3v) is 4.97. The Labute approximate surface area is 162 Å². The number of halogens is 4. The van der Waals surface area contributed by atoms with Gasteiger partial charge in [-0.1, -0.05) is 18.2 Å². The molecule has 0 fully saturated rings. The lowest BCUT2D eigenvalue weighted by Crippen LogP contribution is -2.35. The van der Waals surface area contributed by atoms with Crippen molar-refractivity contribution in [1.29, 1.82) is 0 Å². The highest BCUT2D eigenvalue weighted by Crippen LogP contribution is 2.31. The number of aliphatic hydroxyl groups is 1. The summed E-state index contributed by atoms with van der Waals surface area (Å²) in [5, 5.41) is 12.5. The van der Waals surface area contributed by atoms with Crippen molar-refractivity contribution in [3.05, 3.63) is 62.7 Å². The van der Waals surface area contributed by atoms with Gasteiger partial charge in [-0.25, -0.2) is 0 Å². The molecule has 0 aliphatic heterocycles. The first-order valence-electron chi connectivity index (χ1n) is 7.70. The normalized spacial score (nSPS) is 12.5. The van der Waals surface area contributed by atoms with E-state index in [2.05, 4.69) is 27.9 Å². The molecular formula is C18H17F3INO3. The van der Waals surface area contributed by atoms with E-state index < -0.39 is 17.8 Å². The number of carbonyl (C=O) groups excluding carboxylic acids is 1. The van der Waals surface area contributed by atoms with E-state index in [1.807, 2.05) is 13.0 Å². The third-order valence-electron chi connectivity index (χ3n) is 3.54. The first-order chi connectivity index (χ1) is 12.2. The number of aryl methyl sites for hydroxylation is 1. The summed E-state index contributed by atoms with van der Waals surface area (Å²) in [7, 11) is 0. The molecule has 2 aromatic rings. The molecule has 0 aromatic heterocycles. The number of hydrogen-bond donors (Lipinski definition) is 2. The average Bonchev–Trinajstić information content (AvgIpc) is 2.59. The summed E-state index contributed by atoms with van der Waals surface area (Å²) >= 11 is 2.07. The third kappa shape index (κ3) is 5.60. The molecule has 1 atom stereocenters. The summed E-state index contributed by atoms with van der Waals surface area (Å²) in [5.41, 5.74) is 0.634. The van der Waals surface area contributed by atoms with Crippen molar-refractivity contribution in [2.75, 3.05) is 13.2 Å². The summed E-state index contributed by atoms with van der Waals surface area (Å²) in [4.78, 5) is 12.2. The Balaban J connectivity index is 1.87. The molecule has 26 heavy (non-hydrogen) atoms. The Kier molecular flexibility index (Phi) is 6.87. The van der Waals surface area contributed by atoms with Crippen molar-refractivity contribution >= 4 is 28.5 Å². The van der Waals surface area contributed by atoms with Gasteiger partial charge in [0.2, 0.25) is 0 Å². The molecule has 1 unspecified atom stereocenters. The van der Waals surface area contributed by atoms with Gasteiger partial charge in [0.05, 0.1) is 11.1 Å². The van der Waals surface area contributed by atoms with Crippen LogP contribution in [0.15, 0.2) is 42.5 Å². The van der Waals surface area contributed by atoms with E-state index >= 15 is 0 Å². The van der Waals surface area contributed by atoms with Gasteiger partial charge >= 0.3 is 6.18 Å². The fourth-order valence-electron chi connectivity index (χ4n) is 2.14. The van der Waals surface area contributed by atoms with Gasteiger partial charge in [-0.05, 0) is 59.3 Å². The van der Waals surface area contributed by atoms with Crippen LogP contribution in [0.25, 0.3) is 0 Å². The maximum atomic E-state index is 12.6. The second-order valence-corrected chi connectivity index (χ2v) is 6.72. The molecule has 0 bridgehead atoms. The number of rotatable bonds is 6. The summed E-state index contributed by atoms with van der Waals surface area (Å²) in [6, 6.07) is 9.72. The van der Waals surface area contributed by atoms with Crippen molar-refractivity contribution in [3.63, 3.8) is 0 Å². The molecule has 0 aliphatic carbocycles. The van der Waals surface area contributed by atoms with E-state index in [-0.39, 0.29) is 24.8 Å². The van der Waals surface area contributed by atoms with Crippen LogP contribution in [0.1, 0.15) is 21.5 Å². The quantitative estimate of drug-likeness (QED) is 0.621. The van der Waals surface area contributed by atoms with E-state index in [1.54, 1.807) is 12.1 Å². The van der Waals surface area contributed by atoms with E-state index in [9.17, 15) is 23.1 Å². The molecule has 2 aromatic carbocycles. The van der Waals surface area contributed by atoms with Crippen LogP contribution in [0.2, 0.25) is 0 Å². The number of nitrogens with one attached hydrogen (secondary N) is 1. The van der Waals surface area contributed by atoms with Gasteiger partial charge in [0.1, 0.15) is 18.5 Å². The Bertz CT molecular complexity index is 781. The topological polar surface area (TPSA) is 58.6 Å². The van der Waals surface area contributed by atoms with Crippen LogP contribution in [0.3, 0.4) is 0 Å². The molecule has 1 amide bonds. The fraction of sp³-hybridized carbons (Fsp3) is 0.278. The van der Waals surface area contributed by atoms with E-state index in [0.29, 0.717) is 5.56 Å². The lowest BCUT2D eigenvalue weighted by molar-refractivity contribution is -0.137. The van der Waals surface area contributed by atoms with Gasteiger partial charge in [-0.15, -0.1) is 0 Å². The van der Waals surface area contributed by atoms with Crippen molar-refractivity contribution in [2.24, 2.45) is 0 Å². The molecule has 8 heteroatoms. The van der Waals surface area contributed by atoms with Crippen LogP contribution in [0, 0.1) is 10.5 Å². The highest BCUT2D eigenvalue weighted by molar-refractivity contribution is 14.1. The second-order valence-electron chi connectivity index (χ2n) is 5.64. The van der Waals surface area contributed by atoms with Gasteiger partial charge < -0.3 is 15.2 Å². The van der Waals surface area contributed by atoms with Gasteiger partial charge in [-0.3, -0.25) is 4.79 Å². The highest BCUT2D eigenvalue weighted by Gasteiger charge is 2.30. The largest absolute Gasteiger partial charge is 0.491 e. The molecule has 0 saturated carbocycles. The van der Waals surface area contributed by atoms with Crippen molar-refractivity contribution in [2.45, 2.75) is 19.2 Å². The monoisotopic (exact) mass is 479 g/mol. The smallest absolute Gasteiger partial charge is 0.416 e. The van der Waals surface area contributed by atoms with Crippen LogP contribution in [-0.2, 0) is 6.18 Å². The zero-order valence-corrected chi connectivity index (χ0v) is 16.0. The molecule has 0 radical (unpaired) electrons. The zero-order chi connectivity index (χ0) is 19.3. The van der Waals surface area contributed by atoms with Crippen molar-refractivity contribution in [1.82, 2.24) is 5.32 Å². The summed E-state index contributed by atoms with van der Waals surface area (Å²) in [6.07, 6.45) is -5.52. The molecule has 0 aliphatic rings. The Morgan fingerprint density at radius 2 is 1.96 bits per heavy atom. The SMILES string of the molecule is Cc1cccc(C(=O)NCC(O)COc2cccc(C(F)(F)F)c2)c1I. The van der Waals surface area contributed by atoms with E-state index in [4.69, 9.17) is 4.74 Å². The minimum atomic E-state index is -4.46. The van der Waals surface area contributed by atoms with Crippen LogP contribution in [0.4, 0.5) is 13.2 Å². The molecule has 4 nitrogen and oxygen atoms in total. The molecule has 0 spiro atoms. The molecule has 140 valence electrons. The van der Waals surface area contributed by atoms with Crippen LogP contribution < -0.4 is 10.1 Å². The molecular weight excluding hydrogens is 462 g/mol. The van der Waals surface area contributed by atoms with Crippen LogP contribution >= 0.6 is 22.6 Å². The molecule has 2 N–H and O–H groups in total. The Morgan fingerprint density at radius 1 is 1.27 bits per heavy atom. The van der Waals surface area contributed by atoms with Gasteiger partial charge in [0.25, 0.3) is 5.91 Å². The fourth-order valence-corrected chi connectivity index (χ4v) is 2.75. The zero-order valence-electron chi connectivity index (χ0n) is 13.8. The average molecular weight is 479 g/mol. The minimum absolute atomic E-state index is 0.00145. The second kappa shape index (κ2) is 8.72. The lowest BCUT2D eigenvalue weighted by Gasteiger charge is -2.15. The number of alkyl halides is 3. The Morgan fingerprint density at radius 3 is 2.65 bits per heavy atom. The molecule has 2 rings (SSSR count). The van der Waals surface area contributed by atoms with E-state index in [0.717, 1.165) is 21.3 Å². The van der Waals surface area contributed by atoms with Crippen molar-refractivity contribution < 1.29 is 27.8 Å². The molecule has 0 saturated heterocycles. The highest BCUT2D eigenvalue weighted by atomic mass is 127. The number of aliphatic hydroxyl groups excluding tert-OH is 1. The van der Waals surface area contributed by atoms with E-state index in [1.165, 1.54) is 12.1 Å². The summed E-state index contributed by atoms with van der Waals surface area (Å²) < 4.78 is 43.9. The maximum Gasteiger partial charge on any atom is 0.416 e. The van der Waals surface area contributed by atoms with Crippen LogP contribution in [-0.4, -0.2) is 30.3 Å². The van der Waals surface area contributed by atoms with Crippen LogP contribution in [0.5, 0.6) is 5.75 Å². The summed E-state index contributed by atoms with van der Waals surface area (Å²) in [6.45, 7) is 1.56. The minimum Gasteiger partial charge on any atom is -0.491 e. The number of ether oxygens (including phenoxy) is 1. The standard InChI is InChI=1S/C18H17F3INO3/c1-11-4-2-7-15(16(11)22)17(25)23-9-13(24)10-26-14-6-3-5-12(8-14)18(19,20)21/h2-8,13,24H,9-10H2,1H3,(H,23,25). The maximum absolute atomic E-state index is 12.6. The number of carbonyl (C=O) groups is 1.